The van der Waals surface area contributed by atoms with E-state index in [1.54, 1.807) is 6.26 Å². The molecule has 1 heterocycles. The molecule has 19 heavy (non-hydrogen) atoms. The molecule has 2 rings (SSSR count). The summed E-state index contributed by atoms with van der Waals surface area (Å²) < 4.78 is 5.45. The Morgan fingerprint density at radius 2 is 2.26 bits per heavy atom. The summed E-state index contributed by atoms with van der Waals surface area (Å²) in [4.78, 5) is 0. The highest BCUT2D eigenvalue weighted by molar-refractivity contribution is 7.99. The highest BCUT2D eigenvalue weighted by atomic mass is 32.2. The molecule has 3 atom stereocenters. The van der Waals surface area contributed by atoms with E-state index in [4.69, 9.17) is 4.42 Å². The molecule has 0 aromatic carbocycles. The summed E-state index contributed by atoms with van der Waals surface area (Å²) in [5, 5.41) is 4.42. The van der Waals surface area contributed by atoms with Gasteiger partial charge in [-0.3, -0.25) is 0 Å². The molecule has 3 unspecified atom stereocenters. The number of thioether (sulfide) groups is 1. The van der Waals surface area contributed by atoms with E-state index in [-0.39, 0.29) is 0 Å². The maximum Gasteiger partial charge on any atom is 0.113 e. The van der Waals surface area contributed by atoms with Gasteiger partial charge in [0.1, 0.15) is 5.76 Å². The zero-order chi connectivity index (χ0) is 13.5. The van der Waals surface area contributed by atoms with Gasteiger partial charge in [0.05, 0.1) is 12.0 Å². The van der Waals surface area contributed by atoms with Crippen LogP contribution in [0.2, 0.25) is 0 Å². The van der Waals surface area contributed by atoms with Gasteiger partial charge in [0.15, 0.2) is 0 Å². The largest absolute Gasteiger partial charge is 0.468 e. The maximum absolute atomic E-state index is 5.45. The molecular formula is C16H27NOS. The predicted molar refractivity (Wildman–Crippen MR) is 83.5 cm³/mol. The topological polar surface area (TPSA) is 25.2 Å². The van der Waals surface area contributed by atoms with Crippen LogP contribution in [-0.2, 0) is 5.75 Å². The van der Waals surface area contributed by atoms with Crippen molar-refractivity contribution < 1.29 is 4.42 Å². The molecule has 1 aliphatic carbocycles. The Kier molecular flexibility index (Phi) is 6.32. The normalized spacial score (nSPS) is 27.6. The van der Waals surface area contributed by atoms with Crippen LogP contribution >= 0.6 is 11.8 Å². The molecule has 1 N–H and O–H groups in total. The molecule has 1 fully saturated rings. The number of rotatable bonds is 7. The summed E-state index contributed by atoms with van der Waals surface area (Å²) in [7, 11) is 0. The van der Waals surface area contributed by atoms with E-state index in [1.807, 2.05) is 6.07 Å². The molecule has 0 radical (unpaired) electrons. The Labute approximate surface area is 121 Å². The summed E-state index contributed by atoms with van der Waals surface area (Å²) in [6.45, 7) is 5.61. The standard InChI is InChI=1S/C16H27NOS/c1-3-6-13-8-9-15(17-4-2)16(11-13)19-12-14-7-5-10-18-14/h5,7,10,13,15-17H,3-4,6,8-9,11-12H2,1-2H3. The molecule has 3 heteroatoms. The van der Waals surface area contributed by atoms with E-state index in [9.17, 15) is 0 Å². The lowest BCUT2D eigenvalue weighted by atomic mass is 9.83. The van der Waals surface area contributed by atoms with Gasteiger partial charge in [-0.25, -0.2) is 0 Å². The quantitative estimate of drug-likeness (QED) is 0.799. The van der Waals surface area contributed by atoms with E-state index >= 15 is 0 Å². The van der Waals surface area contributed by atoms with Gasteiger partial charge in [0.2, 0.25) is 0 Å². The van der Waals surface area contributed by atoms with E-state index in [0.29, 0.717) is 6.04 Å². The van der Waals surface area contributed by atoms with Gasteiger partial charge in [0, 0.05) is 11.3 Å². The number of nitrogens with one attached hydrogen (secondary N) is 1. The minimum atomic E-state index is 0.693. The fraction of sp³-hybridized carbons (Fsp3) is 0.750. The Morgan fingerprint density at radius 3 is 2.95 bits per heavy atom. The molecule has 2 nitrogen and oxygen atoms in total. The summed E-state index contributed by atoms with van der Waals surface area (Å²) in [6, 6.07) is 4.76. The van der Waals surface area contributed by atoms with Crippen LogP contribution in [0.15, 0.2) is 22.8 Å². The monoisotopic (exact) mass is 281 g/mol. The third kappa shape index (κ3) is 4.57. The molecule has 1 saturated carbocycles. The Balaban J connectivity index is 1.87. The minimum Gasteiger partial charge on any atom is -0.468 e. The molecule has 0 amide bonds. The van der Waals surface area contributed by atoms with Crippen LogP contribution < -0.4 is 5.32 Å². The van der Waals surface area contributed by atoms with Gasteiger partial charge >= 0.3 is 0 Å². The summed E-state index contributed by atoms with van der Waals surface area (Å²) in [5.41, 5.74) is 0. The minimum absolute atomic E-state index is 0.693. The van der Waals surface area contributed by atoms with Gasteiger partial charge < -0.3 is 9.73 Å². The predicted octanol–water partition coefficient (Wildman–Crippen LogP) is 4.46. The Morgan fingerprint density at radius 1 is 1.37 bits per heavy atom. The van der Waals surface area contributed by atoms with Gasteiger partial charge in [-0.15, -0.1) is 11.8 Å². The van der Waals surface area contributed by atoms with Crippen molar-refractivity contribution in [3.05, 3.63) is 24.2 Å². The van der Waals surface area contributed by atoms with Crippen molar-refractivity contribution in [3.8, 4) is 0 Å². The van der Waals surface area contributed by atoms with Crippen LogP contribution in [0.5, 0.6) is 0 Å². The van der Waals surface area contributed by atoms with Gasteiger partial charge in [-0.05, 0) is 43.9 Å². The first-order chi connectivity index (χ1) is 9.33. The number of hydrogen-bond donors (Lipinski definition) is 1. The highest BCUT2D eigenvalue weighted by Crippen LogP contribution is 2.36. The average Bonchev–Trinajstić information content (AvgIpc) is 2.92. The second-order valence-corrected chi connectivity index (χ2v) is 6.79. The second kappa shape index (κ2) is 8.01. The first-order valence-corrected chi connectivity index (χ1v) is 8.75. The summed E-state index contributed by atoms with van der Waals surface area (Å²) >= 11 is 2.08. The van der Waals surface area contributed by atoms with E-state index in [2.05, 4.69) is 37.0 Å². The molecule has 0 bridgehead atoms. The lowest BCUT2D eigenvalue weighted by Gasteiger charge is -2.36. The molecular weight excluding hydrogens is 254 g/mol. The van der Waals surface area contributed by atoms with Crippen molar-refractivity contribution in [1.82, 2.24) is 5.32 Å². The van der Waals surface area contributed by atoms with Crippen LogP contribution in [0.25, 0.3) is 0 Å². The maximum atomic E-state index is 5.45. The zero-order valence-electron chi connectivity index (χ0n) is 12.2. The Hall–Kier alpha value is -0.410. The van der Waals surface area contributed by atoms with Crippen LogP contribution in [0.3, 0.4) is 0 Å². The first kappa shape index (κ1) is 15.0. The average molecular weight is 281 g/mol. The second-order valence-electron chi connectivity index (χ2n) is 5.56. The van der Waals surface area contributed by atoms with Crippen molar-refractivity contribution in [1.29, 1.82) is 0 Å². The van der Waals surface area contributed by atoms with Crippen molar-refractivity contribution in [2.75, 3.05) is 6.54 Å². The highest BCUT2D eigenvalue weighted by Gasteiger charge is 2.29. The van der Waals surface area contributed by atoms with E-state index in [0.717, 1.165) is 29.2 Å². The van der Waals surface area contributed by atoms with Gasteiger partial charge in [-0.1, -0.05) is 26.7 Å². The lowest BCUT2D eigenvalue weighted by Crippen LogP contribution is -2.42. The van der Waals surface area contributed by atoms with Crippen molar-refractivity contribution in [3.63, 3.8) is 0 Å². The van der Waals surface area contributed by atoms with Crippen molar-refractivity contribution in [2.24, 2.45) is 5.92 Å². The van der Waals surface area contributed by atoms with Crippen LogP contribution in [0, 0.1) is 5.92 Å². The van der Waals surface area contributed by atoms with Crippen LogP contribution in [0.4, 0.5) is 0 Å². The lowest BCUT2D eigenvalue weighted by molar-refractivity contribution is 0.289. The smallest absolute Gasteiger partial charge is 0.113 e. The van der Waals surface area contributed by atoms with Crippen LogP contribution in [0.1, 0.15) is 51.7 Å². The molecule has 108 valence electrons. The Bertz CT molecular complexity index is 339. The number of hydrogen-bond acceptors (Lipinski definition) is 3. The fourth-order valence-corrected chi connectivity index (χ4v) is 4.56. The summed E-state index contributed by atoms with van der Waals surface area (Å²) in [5.74, 6) is 3.06. The van der Waals surface area contributed by atoms with Crippen LogP contribution in [-0.4, -0.2) is 17.8 Å². The molecule has 1 aromatic heterocycles. The summed E-state index contributed by atoms with van der Waals surface area (Å²) in [6.07, 6.45) is 8.62. The molecule has 1 aromatic rings. The van der Waals surface area contributed by atoms with E-state index in [1.165, 1.54) is 32.1 Å². The SMILES string of the molecule is CCCC1CCC(NCC)C(SCc2ccco2)C1. The van der Waals surface area contributed by atoms with Crippen molar-refractivity contribution >= 4 is 11.8 Å². The third-order valence-corrected chi connectivity index (χ3v) is 5.48. The molecule has 0 saturated heterocycles. The molecule has 0 spiro atoms. The zero-order valence-corrected chi connectivity index (χ0v) is 13.0. The fourth-order valence-electron chi connectivity index (χ4n) is 3.15. The van der Waals surface area contributed by atoms with E-state index < -0.39 is 0 Å². The molecule has 0 aliphatic heterocycles. The van der Waals surface area contributed by atoms with Crippen molar-refractivity contribution in [2.45, 2.75) is 63.0 Å². The molecule has 1 aliphatic rings. The number of furan rings is 1. The third-order valence-electron chi connectivity index (χ3n) is 4.08. The van der Waals surface area contributed by atoms with Gasteiger partial charge in [-0.2, -0.15) is 0 Å². The first-order valence-electron chi connectivity index (χ1n) is 7.70. The van der Waals surface area contributed by atoms with Gasteiger partial charge in [0.25, 0.3) is 0 Å².